The van der Waals surface area contributed by atoms with E-state index in [0.29, 0.717) is 6.54 Å². The number of carbonyl (C=O) groups is 1. The van der Waals surface area contributed by atoms with Crippen molar-refractivity contribution in [2.45, 2.75) is 47.2 Å². The second kappa shape index (κ2) is 7.68. The average Bonchev–Trinajstić information content (AvgIpc) is 3.10. The topological polar surface area (TPSA) is 64.7 Å². The van der Waals surface area contributed by atoms with Gasteiger partial charge in [0.2, 0.25) is 5.91 Å². The second-order valence-corrected chi connectivity index (χ2v) is 7.51. The lowest BCUT2D eigenvalue weighted by Gasteiger charge is -2.15. The van der Waals surface area contributed by atoms with E-state index in [-0.39, 0.29) is 11.9 Å². The monoisotopic (exact) mass is 429 g/mol. The van der Waals surface area contributed by atoms with Gasteiger partial charge in [-0.15, -0.1) is 0 Å². The Bertz CT molecular complexity index is 974. The van der Waals surface area contributed by atoms with Crippen LogP contribution in [0.2, 0.25) is 0 Å². The molecule has 142 valence electrons. The van der Waals surface area contributed by atoms with E-state index in [1.165, 1.54) is 0 Å². The van der Waals surface area contributed by atoms with E-state index in [1.54, 1.807) is 4.68 Å². The highest BCUT2D eigenvalue weighted by molar-refractivity contribution is 9.10. The van der Waals surface area contributed by atoms with Gasteiger partial charge in [-0.1, -0.05) is 18.2 Å². The molecular weight excluding hydrogens is 406 g/mol. The Morgan fingerprint density at radius 2 is 1.74 bits per heavy atom. The van der Waals surface area contributed by atoms with Crippen LogP contribution in [0.3, 0.4) is 0 Å². The molecule has 3 rings (SSSR count). The summed E-state index contributed by atoms with van der Waals surface area (Å²) in [6.45, 7) is 10.2. The van der Waals surface area contributed by atoms with Crippen LogP contribution < -0.4 is 5.32 Å². The number of amides is 1. The molecule has 2 aromatic heterocycles. The van der Waals surface area contributed by atoms with E-state index in [0.717, 1.165) is 38.5 Å². The molecule has 1 N–H and O–H groups in total. The Morgan fingerprint density at radius 1 is 1.07 bits per heavy atom. The summed E-state index contributed by atoms with van der Waals surface area (Å²) < 4.78 is 4.61. The molecule has 1 amide bonds. The highest BCUT2D eigenvalue weighted by Crippen LogP contribution is 2.23. The largest absolute Gasteiger partial charge is 0.350 e. The van der Waals surface area contributed by atoms with E-state index >= 15 is 0 Å². The van der Waals surface area contributed by atoms with E-state index < -0.39 is 0 Å². The molecule has 0 aliphatic heterocycles. The standard InChI is InChI=1S/C20H24BrN5O/c1-12-18(14(3)26(23-12)17-9-7-6-8-10-17)11-22-20(27)16(5)25-15(4)19(21)13(2)24-25/h6-10,16H,11H2,1-5H3,(H,22,27). The van der Waals surface area contributed by atoms with Crippen LogP contribution in [-0.2, 0) is 11.3 Å². The molecule has 0 saturated heterocycles. The first-order valence-corrected chi connectivity index (χ1v) is 9.70. The van der Waals surface area contributed by atoms with Crippen LogP contribution >= 0.6 is 15.9 Å². The molecule has 1 aromatic carbocycles. The number of rotatable bonds is 5. The predicted octanol–water partition coefficient (Wildman–Crippen LogP) is 3.94. The van der Waals surface area contributed by atoms with E-state index in [9.17, 15) is 4.79 Å². The molecule has 27 heavy (non-hydrogen) atoms. The Labute approximate surface area is 167 Å². The Hall–Kier alpha value is -2.41. The van der Waals surface area contributed by atoms with Gasteiger partial charge in [0.25, 0.3) is 0 Å². The maximum Gasteiger partial charge on any atom is 0.244 e. The van der Waals surface area contributed by atoms with Crippen LogP contribution in [0.15, 0.2) is 34.8 Å². The van der Waals surface area contributed by atoms with Crippen molar-refractivity contribution in [3.63, 3.8) is 0 Å². The van der Waals surface area contributed by atoms with Gasteiger partial charge in [0.1, 0.15) is 6.04 Å². The number of hydrogen-bond donors (Lipinski definition) is 1. The molecule has 7 heteroatoms. The smallest absolute Gasteiger partial charge is 0.244 e. The zero-order valence-corrected chi connectivity index (χ0v) is 17.8. The first-order valence-electron chi connectivity index (χ1n) is 8.90. The van der Waals surface area contributed by atoms with Gasteiger partial charge in [-0.25, -0.2) is 4.68 Å². The van der Waals surface area contributed by atoms with Crippen molar-refractivity contribution in [2.24, 2.45) is 0 Å². The van der Waals surface area contributed by atoms with Gasteiger partial charge in [0.15, 0.2) is 0 Å². The zero-order chi connectivity index (χ0) is 19.7. The van der Waals surface area contributed by atoms with Gasteiger partial charge in [-0.05, 0) is 62.7 Å². The van der Waals surface area contributed by atoms with Gasteiger partial charge in [-0.3, -0.25) is 9.48 Å². The Balaban J connectivity index is 1.76. The molecule has 6 nitrogen and oxygen atoms in total. The number of hydrogen-bond acceptors (Lipinski definition) is 3. The molecular formula is C20H24BrN5O. The number of para-hydroxylation sites is 1. The lowest BCUT2D eigenvalue weighted by atomic mass is 10.2. The van der Waals surface area contributed by atoms with Crippen molar-refractivity contribution in [3.8, 4) is 5.69 Å². The summed E-state index contributed by atoms with van der Waals surface area (Å²) in [6.07, 6.45) is 0. The minimum Gasteiger partial charge on any atom is -0.350 e. The Morgan fingerprint density at radius 3 is 2.33 bits per heavy atom. The number of nitrogens with zero attached hydrogens (tertiary/aromatic N) is 4. The number of aromatic nitrogens is 4. The van der Waals surface area contributed by atoms with Gasteiger partial charge < -0.3 is 5.32 Å². The number of nitrogens with one attached hydrogen (secondary N) is 1. The maximum atomic E-state index is 12.7. The lowest BCUT2D eigenvalue weighted by Crippen LogP contribution is -2.31. The third kappa shape index (κ3) is 3.69. The molecule has 0 bridgehead atoms. The van der Waals surface area contributed by atoms with E-state index in [1.807, 2.05) is 69.6 Å². The van der Waals surface area contributed by atoms with Gasteiger partial charge in [0.05, 0.1) is 27.2 Å². The predicted molar refractivity (Wildman–Crippen MR) is 109 cm³/mol. The lowest BCUT2D eigenvalue weighted by molar-refractivity contribution is -0.124. The molecule has 0 aliphatic carbocycles. The molecule has 0 radical (unpaired) electrons. The third-order valence-corrected chi connectivity index (χ3v) is 6.01. The van der Waals surface area contributed by atoms with Crippen LogP contribution in [0.5, 0.6) is 0 Å². The molecule has 0 fully saturated rings. The minimum atomic E-state index is -0.389. The fraction of sp³-hybridized carbons (Fsp3) is 0.350. The number of aryl methyl sites for hydroxylation is 2. The van der Waals surface area contributed by atoms with Crippen LogP contribution in [0.25, 0.3) is 5.69 Å². The summed E-state index contributed by atoms with van der Waals surface area (Å²) in [6, 6.07) is 9.60. The summed E-state index contributed by atoms with van der Waals surface area (Å²) in [5, 5.41) is 12.1. The molecule has 2 heterocycles. The van der Waals surface area contributed by atoms with Gasteiger partial charge >= 0.3 is 0 Å². The third-order valence-electron chi connectivity index (χ3n) is 4.86. The van der Waals surface area contributed by atoms with Gasteiger partial charge in [0, 0.05) is 17.8 Å². The molecule has 0 aliphatic rings. The fourth-order valence-corrected chi connectivity index (χ4v) is 3.47. The average molecular weight is 430 g/mol. The molecule has 0 saturated carbocycles. The number of carbonyl (C=O) groups excluding carboxylic acids is 1. The summed E-state index contributed by atoms with van der Waals surface area (Å²) >= 11 is 3.51. The molecule has 1 atom stereocenters. The first-order chi connectivity index (χ1) is 12.8. The van der Waals surface area contributed by atoms with Crippen LogP contribution in [0, 0.1) is 27.7 Å². The number of benzene rings is 1. The van der Waals surface area contributed by atoms with Crippen LogP contribution in [-0.4, -0.2) is 25.5 Å². The molecule has 3 aromatic rings. The zero-order valence-electron chi connectivity index (χ0n) is 16.2. The quantitative estimate of drug-likeness (QED) is 0.667. The van der Waals surface area contributed by atoms with Crippen molar-refractivity contribution in [3.05, 3.63) is 63.1 Å². The molecule has 0 spiro atoms. The summed E-state index contributed by atoms with van der Waals surface area (Å²) in [5.41, 5.74) is 5.81. The summed E-state index contributed by atoms with van der Waals surface area (Å²) in [5.74, 6) is -0.0700. The van der Waals surface area contributed by atoms with Gasteiger partial charge in [-0.2, -0.15) is 10.2 Å². The maximum absolute atomic E-state index is 12.7. The highest BCUT2D eigenvalue weighted by Gasteiger charge is 2.21. The Kier molecular flexibility index (Phi) is 5.51. The summed E-state index contributed by atoms with van der Waals surface area (Å²) in [7, 11) is 0. The first kappa shape index (κ1) is 19.4. The van der Waals surface area contributed by atoms with E-state index in [2.05, 4.69) is 31.4 Å². The number of halogens is 1. The molecule has 1 unspecified atom stereocenters. The highest BCUT2D eigenvalue weighted by atomic mass is 79.9. The van der Waals surface area contributed by atoms with E-state index in [4.69, 9.17) is 0 Å². The summed E-state index contributed by atoms with van der Waals surface area (Å²) in [4.78, 5) is 12.7. The second-order valence-electron chi connectivity index (χ2n) is 6.72. The normalized spacial score (nSPS) is 12.2. The van der Waals surface area contributed by atoms with Crippen molar-refractivity contribution >= 4 is 21.8 Å². The minimum absolute atomic E-state index is 0.0700. The van der Waals surface area contributed by atoms with Crippen LogP contribution in [0.1, 0.15) is 41.3 Å². The van der Waals surface area contributed by atoms with Crippen molar-refractivity contribution < 1.29 is 4.79 Å². The SMILES string of the molecule is Cc1nn(C(C)C(=O)NCc2c(C)nn(-c3ccccc3)c2C)c(C)c1Br. The van der Waals surface area contributed by atoms with Crippen LogP contribution in [0.4, 0.5) is 0 Å². The fourth-order valence-electron chi connectivity index (χ4n) is 3.21. The van der Waals surface area contributed by atoms with Crippen molar-refractivity contribution in [1.29, 1.82) is 0 Å². The van der Waals surface area contributed by atoms with Crippen molar-refractivity contribution in [2.75, 3.05) is 0 Å². The van der Waals surface area contributed by atoms with Crippen molar-refractivity contribution in [1.82, 2.24) is 24.9 Å².